The third-order valence-electron chi connectivity index (χ3n) is 3.37. The van der Waals surface area contributed by atoms with Crippen molar-refractivity contribution in [3.8, 4) is 0 Å². The number of methoxy groups -OCH3 is 1. The summed E-state index contributed by atoms with van der Waals surface area (Å²) in [4.78, 5) is 18.2. The lowest BCUT2D eigenvalue weighted by atomic mass is 10.1. The lowest BCUT2D eigenvalue weighted by molar-refractivity contribution is 0.0515. The number of ether oxygens (including phenoxy) is 2. The number of carbonyl (C=O) groups is 1. The maximum absolute atomic E-state index is 12.4. The highest BCUT2D eigenvalue weighted by molar-refractivity contribution is 6.34. The number of nitrogens with zero attached hydrogens (tertiary/aromatic N) is 2. The van der Waals surface area contributed by atoms with Crippen LogP contribution in [0, 0.1) is 5.92 Å². The summed E-state index contributed by atoms with van der Waals surface area (Å²) >= 11 is 11.8. The second-order valence-electron chi connectivity index (χ2n) is 4.94. The first kappa shape index (κ1) is 16.5. The van der Waals surface area contributed by atoms with E-state index in [1.165, 1.54) is 0 Å². The van der Waals surface area contributed by atoms with Gasteiger partial charge in [0.1, 0.15) is 10.8 Å². The maximum atomic E-state index is 12.4. The Morgan fingerprint density at radius 2 is 2.24 bits per heavy atom. The molecule has 1 fully saturated rings. The fourth-order valence-corrected chi connectivity index (χ4v) is 2.60. The number of pyridine rings is 1. The van der Waals surface area contributed by atoms with E-state index in [1.807, 2.05) is 0 Å². The molecule has 0 spiro atoms. The molecule has 1 aliphatic rings. The van der Waals surface area contributed by atoms with Gasteiger partial charge >= 0.3 is 0 Å². The number of carbonyl (C=O) groups excluding carboxylic acids is 1. The number of hydrogen-bond donors (Lipinski definition) is 0. The van der Waals surface area contributed by atoms with Crippen LogP contribution < -0.4 is 0 Å². The van der Waals surface area contributed by atoms with Gasteiger partial charge in [-0.05, 0) is 18.6 Å². The smallest absolute Gasteiger partial charge is 0.274 e. The molecule has 1 saturated heterocycles. The molecule has 1 unspecified atom stereocenters. The summed E-state index contributed by atoms with van der Waals surface area (Å²) < 4.78 is 10.4. The Kier molecular flexibility index (Phi) is 6.23. The van der Waals surface area contributed by atoms with Crippen LogP contribution in [0.5, 0.6) is 0 Å². The minimum Gasteiger partial charge on any atom is -0.382 e. The Morgan fingerprint density at radius 3 is 3.00 bits per heavy atom. The van der Waals surface area contributed by atoms with E-state index >= 15 is 0 Å². The standard InChI is InChI=1S/C14H18Cl2N2O3/c1-20-6-7-21-9-10-4-5-18(8-10)14(19)13-11(15)2-3-12(16)17-13/h2-3,10H,4-9H2,1H3. The molecule has 1 amide bonds. The summed E-state index contributed by atoms with van der Waals surface area (Å²) in [6, 6.07) is 3.16. The van der Waals surface area contributed by atoms with E-state index in [0.717, 1.165) is 6.42 Å². The van der Waals surface area contributed by atoms with Crippen LogP contribution in [0.4, 0.5) is 0 Å². The summed E-state index contributed by atoms with van der Waals surface area (Å²) in [7, 11) is 1.64. The molecular weight excluding hydrogens is 315 g/mol. The van der Waals surface area contributed by atoms with Crippen LogP contribution in [0.2, 0.25) is 10.2 Å². The highest BCUT2D eigenvalue weighted by Crippen LogP contribution is 2.23. The van der Waals surface area contributed by atoms with Gasteiger partial charge in [0.05, 0.1) is 24.8 Å². The van der Waals surface area contributed by atoms with Gasteiger partial charge in [-0.3, -0.25) is 4.79 Å². The molecular formula is C14H18Cl2N2O3. The third kappa shape index (κ3) is 4.54. The molecule has 2 heterocycles. The summed E-state index contributed by atoms with van der Waals surface area (Å²) in [6.07, 6.45) is 0.914. The Balaban J connectivity index is 1.88. The molecule has 21 heavy (non-hydrogen) atoms. The van der Waals surface area contributed by atoms with Crippen molar-refractivity contribution in [2.75, 3.05) is 40.0 Å². The molecule has 0 N–H and O–H groups in total. The van der Waals surface area contributed by atoms with Crippen molar-refractivity contribution in [3.05, 3.63) is 28.0 Å². The number of halogens is 2. The van der Waals surface area contributed by atoms with Gasteiger partial charge in [-0.1, -0.05) is 23.2 Å². The molecule has 1 aromatic rings. The van der Waals surface area contributed by atoms with Crippen molar-refractivity contribution >= 4 is 29.1 Å². The van der Waals surface area contributed by atoms with Crippen molar-refractivity contribution < 1.29 is 14.3 Å². The van der Waals surface area contributed by atoms with Crippen LogP contribution in [0.1, 0.15) is 16.9 Å². The second-order valence-corrected chi connectivity index (χ2v) is 5.73. The van der Waals surface area contributed by atoms with Crippen molar-refractivity contribution in [1.82, 2.24) is 9.88 Å². The Hall–Kier alpha value is -0.880. The van der Waals surface area contributed by atoms with Crippen LogP contribution in [-0.2, 0) is 9.47 Å². The number of likely N-dealkylation sites (tertiary alicyclic amines) is 1. The fourth-order valence-electron chi connectivity index (χ4n) is 2.26. The highest BCUT2D eigenvalue weighted by Gasteiger charge is 2.29. The summed E-state index contributed by atoms with van der Waals surface area (Å²) in [5.41, 5.74) is 0.213. The number of amides is 1. The van der Waals surface area contributed by atoms with Gasteiger partial charge in [0.25, 0.3) is 5.91 Å². The van der Waals surface area contributed by atoms with Gasteiger partial charge in [0.15, 0.2) is 0 Å². The van der Waals surface area contributed by atoms with Crippen LogP contribution in [0.25, 0.3) is 0 Å². The zero-order valence-corrected chi connectivity index (χ0v) is 13.4. The molecule has 7 heteroatoms. The number of hydrogen-bond acceptors (Lipinski definition) is 4. The van der Waals surface area contributed by atoms with Crippen LogP contribution in [0.3, 0.4) is 0 Å². The molecule has 0 saturated carbocycles. The average Bonchev–Trinajstić information content (AvgIpc) is 2.94. The molecule has 0 radical (unpaired) electrons. The SMILES string of the molecule is COCCOCC1CCN(C(=O)c2nc(Cl)ccc2Cl)C1. The zero-order chi connectivity index (χ0) is 15.2. The minimum absolute atomic E-state index is 0.179. The lowest BCUT2D eigenvalue weighted by Crippen LogP contribution is -2.30. The van der Waals surface area contributed by atoms with Crippen LogP contribution in [-0.4, -0.2) is 55.8 Å². The van der Waals surface area contributed by atoms with Gasteiger partial charge in [-0.25, -0.2) is 4.98 Å². The lowest BCUT2D eigenvalue weighted by Gasteiger charge is -2.17. The molecule has 1 atom stereocenters. The normalized spacial score (nSPS) is 18.2. The predicted molar refractivity (Wildman–Crippen MR) is 81.0 cm³/mol. The highest BCUT2D eigenvalue weighted by atomic mass is 35.5. The molecule has 0 aromatic carbocycles. The fraction of sp³-hybridized carbons (Fsp3) is 0.571. The first-order chi connectivity index (χ1) is 10.1. The summed E-state index contributed by atoms with van der Waals surface area (Å²) in [5, 5.41) is 0.589. The monoisotopic (exact) mass is 332 g/mol. The van der Waals surface area contributed by atoms with E-state index in [0.29, 0.717) is 43.9 Å². The Morgan fingerprint density at radius 1 is 1.43 bits per heavy atom. The summed E-state index contributed by atoms with van der Waals surface area (Å²) in [6.45, 7) is 3.11. The minimum atomic E-state index is -0.179. The Bertz CT molecular complexity index is 499. The van der Waals surface area contributed by atoms with Crippen molar-refractivity contribution in [2.24, 2.45) is 5.92 Å². The molecule has 1 aromatic heterocycles. The van der Waals surface area contributed by atoms with E-state index < -0.39 is 0 Å². The van der Waals surface area contributed by atoms with Crippen LogP contribution in [0.15, 0.2) is 12.1 Å². The van der Waals surface area contributed by atoms with Crippen molar-refractivity contribution in [2.45, 2.75) is 6.42 Å². The number of aromatic nitrogens is 1. The molecule has 0 aliphatic carbocycles. The largest absolute Gasteiger partial charge is 0.382 e. The van der Waals surface area contributed by atoms with Gasteiger partial charge in [0.2, 0.25) is 0 Å². The third-order valence-corrected chi connectivity index (χ3v) is 3.89. The first-order valence-electron chi connectivity index (χ1n) is 6.80. The van der Waals surface area contributed by atoms with E-state index in [-0.39, 0.29) is 16.8 Å². The molecule has 2 rings (SSSR count). The van der Waals surface area contributed by atoms with E-state index in [2.05, 4.69) is 4.98 Å². The molecule has 5 nitrogen and oxygen atoms in total. The van der Waals surface area contributed by atoms with Crippen molar-refractivity contribution in [1.29, 1.82) is 0 Å². The van der Waals surface area contributed by atoms with Gasteiger partial charge in [0, 0.05) is 26.1 Å². The molecule has 1 aliphatic heterocycles. The van der Waals surface area contributed by atoms with Gasteiger partial charge < -0.3 is 14.4 Å². The van der Waals surface area contributed by atoms with Gasteiger partial charge in [-0.15, -0.1) is 0 Å². The first-order valence-corrected chi connectivity index (χ1v) is 7.55. The van der Waals surface area contributed by atoms with E-state index in [1.54, 1.807) is 24.1 Å². The molecule has 0 bridgehead atoms. The average molecular weight is 333 g/mol. The van der Waals surface area contributed by atoms with E-state index in [9.17, 15) is 4.79 Å². The zero-order valence-electron chi connectivity index (χ0n) is 11.8. The maximum Gasteiger partial charge on any atom is 0.274 e. The Labute approximate surface area is 134 Å². The molecule has 116 valence electrons. The van der Waals surface area contributed by atoms with Gasteiger partial charge in [-0.2, -0.15) is 0 Å². The van der Waals surface area contributed by atoms with Crippen LogP contribution >= 0.6 is 23.2 Å². The predicted octanol–water partition coefficient (Wildman–Crippen LogP) is 2.51. The topological polar surface area (TPSA) is 51.7 Å². The summed E-state index contributed by atoms with van der Waals surface area (Å²) in [5.74, 6) is 0.158. The second kappa shape index (κ2) is 7.94. The van der Waals surface area contributed by atoms with Crippen molar-refractivity contribution in [3.63, 3.8) is 0 Å². The quantitative estimate of drug-likeness (QED) is 0.593. The van der Waals surface area contributed by atoms with E-state index in [4.69, 9.17) is 32.7 Å². The number of rotatable bonds is 6.